The molecule has 0 aromatic heterocycles. The van der Waals surface area contributed by atoms with Gasteiger partial charge in [0.25, 0.3) is 0 Å². The molecule has 1 amide bonds. The van der Waals surface area contributed by atoms with Gasteiger partial charge in [0.05, 0.1) is 19.8 Å². The predicted molar refractivity (Wildman–Crippen MR) is 116 cm³/mol. The fraction of sp³-hybridized carbons (Fsp3) is 0.458. The van der Waals surface area contributed by atoms with Crippen molar-refractivity contribution in [1.82, 2.24) is 10.2 Å². The number of rotatable bonds is 6. The number of hydrogen-bond acceptors (Lipinski definition) is 4. The molecule has 2 aromatic rings. The zero-order valence-corrected chi connectivity index (χ0v) is 17.3. The van der Waals surface area contributed by atoms with E-state index in [1.165, 1.54) is 22.4 Å². The number of hydrogen-bond donors (Lipinski definition) is 1. The molecule has 5 heteroatoms. The van der Waals surface area contributed by atoms with Crippen LogP contribution < -0.4 is 10.2 Å². The lowest BCUT2D eigenvalue weighted by molar-refractivity contribution is -0.119. The number of carbonyl (C=O) groups excluding carboxylic acids is 1. The van der Waals surface area contributed by atoms with Crippen LogP contribution in [0, 0.1) is 6.92 Å². The fourth-order valence-electron chi connectivity index (χ4n) is 4.18. The zero-order chi connectivity index (χ0) is 20.1. The van der Waals surface area contributed by atoms with Gasteiger partial charge in [0, 0.05) is 38.4 Å². The molecule has 2 aliphatic heterocycles. The summed E-state index contributed by atoms with van der Waals surface area (Å²) in [6.45, 7) is 8.67. The van der Waals surface area contributed by atoms with Gasteiger partial charge >= 0.3 is 0 Å². The summed E-state index contributed by atoms with van der Waals surface area (Å²) in [7, 11) is 0. The molecule has 0 spiro atoms. The van der Waals surface area contributed by atoms with E-state index in [1.807, 2.05) is 0 Å². The topological polar surface area (TPSA) is 44.8 Å². The van der Waals surface area contributed by atoms with Gasteiger partial charge in [-0.25, -0.2) is 0 Å². The van der Waals surface area contributed by atoms with Crippen molar-refractivity contribution in [2.45, 2.75) is 32.9 Å². The van der Waals surface area contributed by atoms with Crippen LogP contribution in [-0.4, -0.2) is 50.2 Å². The highest BCUT2D eigenvalue weighted by atomic mass is 16.5. The molecule has 154 valence electrons. The average Bonchev–Trinajstić information content (AvgIpc) is 2.74. The first-order valence-corrected chi connectivity index (χ1v) is 10.7. The van der Waals surface area contributed by atoms with Gasteiger partial charge in [0.15, 0.2) is 0 Å². The van der Waals surface area contributed by atoms with Crippen molar-refractivity contribution in [2.24, 2.45) is 0 Å². The van der Waals surface area contributed by atoms with Crippen molar-refractivity contribution >= 4 is 11.6 Å². The van der Waals surface area contributed by atoms with Gasteiger partial charge in [0.2, 0.25) is 5.91 Å². The highest BCUT2D eigenvalue weighted by molar-refractivity contribution is 5.82. The summed E-state index contributed by atoms with van der Waals surface area (Å²) in [5.41, 5.74) is 6.30. The standard InChI is InChI=1S/C24H31N3O2/c1-19-4-9-23-22(15-19)3-2-10-27(23)18-24(28)25-16-20-5-7-21(8-6-20)17-26-11-13-29-14-12-26/h4-9,15H,2-3,10-14,16-18H2,1H3,(H,25,28). The number of nitrogens with zero attached hydrogens (tertiary/aromatic N) is 2. The minimum Gasteiger partial charge on any atom is -0.379 e. The average molecular weight is 394 g/mol. The van der Waals surface area contributed by atoms with Crippen LogP contribution in [0.15, 0.2) is 42.5 Å². The molecule has 5 nitrogen and oxygen atoms in total. The summed E-state index contributed by atoms with van der Waals surface area (Å²) in [6.07, 6.45) is 2.21. The Hall–Kier alpha value is -2.37. The van der Waals surface area contributed by atoms with E-state index in [1.54, 1.807) is 0 Å². The summed E-state index contributed by atoms with van der Waals surface area (Å²) in [6, 6.07) is 15.1. The van der Waals surface area contributed by atoms with Crippen LogP contribution in [-0.2, 0) is 29.0 Å². The van der Waals surface area contributed by atoms with Gasteiger partial charge in [-0.3, -0.25) is 9.69 Å². The van der Waals surface area contributed by atoms with Gasteiger partial charge in [-0.05, 0) is 42.5 Å². The monoisotopic (exact) mass is 393 g/mol. The Labute approximate surface area is 173 Å². The third-order valence-corrected chi connectivity index (χ3v) is 5.81. The zero-order valence-electron chi connectivity index (χ0n) is 17.3. The second kappa shape index (κ2) is 9.42. The number of fused-ring (bicyclic) bond motifs is 1. The second-order valence-electron chi connectivity index (χ2n) is 8.14. The molecular formula is C24H31N3O2. The van der Waals surface area contributed by atoms with Crippen molar-refractivity contribution in [3.05, 3.63) is 64.7 Å². The Kier molecular flexibility index (Phi) is 6.47. The van der Waals surface area contributed by atoms with Crippen molar-refractivity contribution in [3.63, 3.8) is 0 Å². The SMILES string of the molecule is Cc1ccc2c(c1)CCCN2CC(=O)NCc1ccc(CN2CCOCC2)cc1. The second-order valence-corrected chi connectivity index (χ2v) is 8.14. The molecule has 0 bridgehead atoms. The van der Waals surface area contributed by atoms with Crippen LogP contribution in [0.2, 0.25) is 0 Å². The lowest BCUT2D eigenvalue weighted by Crippen LogP contribution is -2.39. The van der Waals surface area contributed by atoms with E-state index in [0.717, 1.165) is 57.8 Å². The molecule has 0 atom stereocenters. The molecule has 0 saturated carbocycles. The molecule has 0 radical (unpaired) electrons. The van der Waals surface area contributed by atoms with Crippen LogP contribution in [0.5, 0.6) is 0 Å². The van der Waals surface area contributed by atoms with E-state index in [-0.39, 0.29) is 5.91 Å². The number of benzene rings is 2. The molecule has 1 N–H and O–H groups in total. The van der Waals surface area contributed by atoms with Gasteiger partial charge in [-0.1, -0.05) is 42.0 Å². The van der Waals surface area contributed by atoms with Crippen LogP contribution in [0.4, 0.5) is 5.69 Å². The minimum absolute atomic E-state index is 0.0795. The van der Waals surface area contributed by atoms with E-state index in [0.29, 0.717) is 13.1 Å². The molecule has 1 saturated heterocycles. The summed E-state index contributed by atoms with van der Waals surface area (Å²) in [4.78, 5) is 17.1. The Morgan fingerprint density at radius 1 is 1.03 bits per heavy atom. The minimum atomic E-state index is 0.0795. The van der Waals surface area contributed by atoms with Crippen LogP contribution in [0.25, 0.3) is 0 Å². The number of anilines is 1. The molecule has 0 aliphatic carbocycles. The van der Waals surface area contributed by atoms with Gasteiger partial charge in [0.1, 0.15) is 0 Å². The smallest absolute Gasteiger partial charge is 0.239 e. The quantitative estimate of drug-likeness (QED) is 0.820. The molecule has 0 unspecified atom stereocenters. The van der Waals surface area contributed by atoms with Gasteiger partial charge in [-0.15, -0.1) is 0 Å². The van der Waals surface area contributed by atoms with E-state index in [9.17, 15) is 4.79 Å². The van der Waals surface area contributed by atoms with E-state index in [2.05, 4.69) is 64.5 Å². The first-order valence-electron chi connectivity index (χ1n) is 10.7. The van der Waals surface area contributed by atoms with Crippen molar-refractivity contribution in [3.8, 4) is 0 Å². The molecule has 2 heterocycles. The van der Waals surface area contributed by atoms with E-state index < -0.39 is 0 Å². The number of ether oxygens (including phenoxy) is 1. The van der Waals surface area contributed by atoms with Crippen LogP contribution in [0.1, 0.15) is 28.7 Å². The van der Waals surface area contributed by atoms with Gasteiger partial charge in [-0.2, -0.15) is 0 Å². The third kappa shape index (κ3) is 5.37. The summed E-state index contributed by atoms with van der Waals surface area (Å²) >= 11 is 0. The van der Waals surface area contributed by atoms with E-state index in [4.69, 9.17) is 4.74 Å². The number of aryl methyl sites for hydroxylation is 2. The molecule has 2 aliphatic rings. The fourth-order valence-corrected chi connectivity index (χ4v) is 4.18. The molecule has 1 fully saturated rings. The Bertz CT molecular complexity index is 829. The Balaban J connectivity index is 1.27. The summed E-state index contributed by atoms with van der Waals surface area (Å²) in [5.74, 6) is 0.0795. The lowest BCUT2D eigenvalue weighted by atomic mass is 9.99. The number of morpholine rings is 1. The Morgan fingerprint density at radius 2 is 1.79 bits per heavy atom. The number of nitrogens with one attached hydrogen (secondary N) is 1. The van der Waals surface area contributed by atoms with Crippen molar-refractivity contribution in [1.29, 1.82) is 0 Å². The third-order valence-electron chi connectivity index (χ3n) is 5.81. The largest absolute Gasteiger partial charge is 0.379 e. The molecule has 4 rings (SSSR count). The maximum Gasteiger partial charge on any atom is 0.239 e. The van der Waals surface area contributed by atoms with Crippen LogP contribution >= 0.6 is 0 Å². The van der Waals surface area contributed by atoms with Crippen molar-refractivity contribution < 1.29 is 9.53 Å². The first-order chi connectivity index (χ1) is 14.2. The highest BCUT2D eigenvalue weighted by Crippen LogP contribution is 2.27. The van der Waals surface area contributed by atoms with E-state index >= 15 is 0 Å². The number of carbonyl (C=O) groups is 1. The van der Waals surface area contributed by atoms with Crippen LogP contribution in [0.3, 0.4) is 0 Å². The Morgan fingerprint density at radius 3 is 2.59 bits per heavy atom. The summed E-state index contributed by atoms with van der Waals surface area (Å²) < 4.78 is 5.40. The molecular weight excluding hydrogens is 362 g/mol. The maximum atomic E-state index is 12.5. The molecule has 2 aromatic carbocycles. The predicted octanol–water partition coefficient (Wildman–Crippen LogP) is 2.90. The summed E-state index contributed by atoms with van der Waals surface area (Å²) in [5, 5.41) is 3.08. The highest BCUT2D eigenvalue weighted by Gasteiger charge is 2.19. The number of amides is 1. The normalized spacial score (nSPS) is 17.1. The van der Waals surface area contributed by atoms with Crippen molar-refractivity contribution in [2.75, 3.05) is 44.3 Å². The lowest BCUT2D eigenvalue weighted by Gasteiger charge is -2.31. The van der Waals surface area contributed by atoms with Gasteiger partial charge < -0.3 is 15.0 Å². The maximum absolute atomic E-state index is 12.5. The molecule has 29 heavy (non-hydrogen) atoms. The first kappa shape index (κ1) is 19.9.